The van der Waals surface area contributed by atoms with Gasteiger partial charge in [-0.1, -0.05) is 13.8 Å². The van der Waals surface area contributed by atoms with Crippen molar-refractivity contribution in [1.82, 2.24) is 0 Å². The van der Waals surface area contributed by atoms with Crippen molar-refractivity contribution in [2.75, 3.05) is 18.0 Å². The Hall–Kier alpha value is -2.11. The molecule has 0 saturated carbocycles. The monoisotopic (exact) mass is 263 g/mol. The van der Waals surface area contributed by atoms with Gasteiger partial charge in [0.2, 0.25) is 5.75 Å². The number of hydrogen-bond acceptors (Lipinski definition) is 5. The summed E-state index contributed by atoms with van der Waals surface area (Å²) >= 11 is 0. The van der Waals surface area contributed by atoms with Gasteiger partial charge in [-0.15, -0.1) is 0 Å². The van der Waals surface area contributed by atoms with Crippen LogP contribution in [0.4, 0.5) is 11.4 Å². The summed E-state index contributed by atoms with van der Waals surface area (Å²) in [4.78, 5) is 16.3. The van der Waals surface area contributed by atoms with E-state index >= 15 is 0 Å². The van der Waals surface area contributed by atoms with Crippen LogP contribution in [0.15, 0.2) is 17.1 Å². The Labute approximate surface area is 111 Å². The molecule has 0 bridgehead atoms. The standard InChI is InChI=1S/C13H17N3O3/c1-9(2)5-10-6-11(15-4-3-14-8-15)13(17)12(7-10)16(18)19/h6-9,17H,3-5H2,1-2H3. The van der Waals surface area contributed by atoms with Gasteiger partial charge in [0, 0.05) is 12.6 Å². The van der Waals surface area contributed by atoms with E-state index in [1.54, 1.807) is 17.3 Å². The normalized spacial score (nSPS) is 14.4. The van der Waals surface area contributed by atoms with Crippen LogP contribution in [0.5, 0.6) is 5.75 Å². The second-order valence-corrected chi connectivity index (χ2v) is 5.05. The van der Waals surface area contributed by atoms with Crippen molar-refractivity contribution in [3.8, 4) is 5.75 Å². The van der Waals surface area contributed by atoms with Crippen LogP contribution in [0.3, 0.4) is 0 Å². The van der Waals surface area contributed by atoms with Crippen molar-refractivity contribution in [3.63, 3.8) is 0 Å². The SMILES string of the molecule is CC(C)Cc1cc(N2C=NCC2)c(O)c([N+](=O)[O-])c1. The van der Waals surface area contributed by atoms with E-state index in [2.05, 4.69) is 18.8 Å². The molecule has 1 aromatic carbocycles. The maximum atomic E-state index is 11.0. The number of anilines is 1. The summed E-state index contributed by atoms with van der Waals surface area (Å²) in [6, 6.07) is 3.26. The highest BCUT2D eigenvalue weighted by molar-refractivity contribution is 5.86. The van der Waals surface area contributed by atoms with Crippen LogP contribution in [-0.2, 0) is 6.42 Å². The molecule has 102 valence electrons. The van der Waals surface area contributed by atoms with E-state index in [0.717, 1.165) is 12.0 Å². The second-order valence-electron chi connectivity index (χ2n) is 5.05. The maximum Gasteiger partial charge on any atom is 0.313 e. The first kappa shape index (κ1) is 13.3. The summed E-state index contributed by atoms with van der Waals surface area (Å²) in [6.07, 6.45) is 2.34. The minimum atomic E-state index is -0.546. The second kappa shape index (κ2) is 5.26. The smallest absolute Gasteiger partial charge is 0.313 e. The van der Waals surface area contributed by atoms with E-state index in [-0.39, 0.29) is 11.4 Å². The van der Waals surface area contributed by atoms with Crippen molar-refractivity contribution >= 4 is 17.7 Å². The van der Waals surface area contributed by atoms with E-state index in [0.29, 0.717) is 24.7 Å². The largest absolute Gasteiger partial charge is 0.501 e. The highest BCUT2D eigenvalue weighted by Crippen LogP contribution is 2.38. The molecule has 1 N–H and O–H groups in total. The Morgan fingerprint density at radius 1 is 1.53 bits per heavy atom. The lowest BCUT2D eigenvalue weighted by Gasteiger charge is -2.17. The number of phenolic OH excluding ortho intramolecular Hbond substituents is 1. The predicted molar refractivity (Wildman–Crippen MR) is 74.0 cm³/mol. The first-order valence-electron chi connectivity index (χ1n) is 6.26. The molecule has 2 rings (SSSR count). The Morgan fingerprint density at radius 3 is 2.79 bits per heavy atom. The molecule has 0 aromatic heterocycles. The zero-order valence-electron chi connectivity index (χ0n) is 11.0. The van der Waals surface area contributed by atoms with Gasteiger partial charge in [0.05, 0.1) is 23.5 Å². The van der Waals surface area contributed by atoms with Crippen LogP contribution >= 0.6 is 0 Å². The van der Waals surface area contributed by atoms with Crippen LogP contribution in [0.2, 0.25) is 0 Å². The summed E-state index contributed by atoms with van der Waals surface area (Å²) in [7, 11) is 0. The number of nitro benzene ring substituents is 1. The van der Waals surface area contributed by atoms with Gasteiger partial charge in [0.15, 0.2) is 0 Å². The van der Waals surface area contributed by atoms with Crippen LogP contribution in [0.25, 0.3) is 0 Å². The summed E-state index contributed by atoms with van der Waals surface area (Å²) in [5, 5.41) is 21.1. The number of hydrogen-bond donors (Lipinski definition) is 1. The van der Waals surface area contributed by atoms with Crippen LogP contribution in [0.1, 0.15) is 19.4 Å². The molecule has 0 fully saturated rings. The van der Waals surface area contributed by atoms with Crippen LogP contribution in [-0.4, -0.2) is 29.5 Å². The first-order valence-corrected chi connectivity index (χ1v) is 6.26. The summed E-state index contributed by atoms with van der Waals surface area (Å²) in [6.45, 7) is 5.38. The molecule has 1 aromatic rings. The van der Waals surface area contributed by atoms with Crippen molar-refractivity contribution in [2.45, 2.75) is 20.3 Å². The van der Waals surface area contributed by atoms with Gasteiger partial charge in [-0.3, -0.25) is 15.1 Å². The molecule has 1 heterocycles. The fourth-order valence-electron chi connectivity index (χ4n) is 2.17. The van der Waals surface area contributed by atoms with E-state index < -0.39 is 4.92 Å². The van der Waals surface area contributed by atoms with Crippen LogP contribution < -0.4 is 4.90 Å². The number of rotatable bonds is 4. The quantitative estimate of drug-likeness (QED) is 0.668. The van der Waals surface area contributed by atoms with Crippen molar-refractivity contribution < 1.29 is 10.0 Å². The molecule has 0 aliphatic carbocycles. The average molecular weight is 263 g/mol. The van der Waals surface area contributed by atoms with Crippen molar-refractivity contribution in [2.24, 2.45) is 10.9 Å². The summed E-state index contributed by atoms with van der Waals surface area (Å²) in [5.74, 6) is 0.107. The van der Waals surface area contributed by atoms with Gasteiger partial charge in [-0.05, 0) is 24.0 Å². The third kappa shape index (κ3) is 2.83. The molecule has 0 saturated heterocycles. The third-order valence-electron chi connectivity index (χ3n) is 2.97. The van der Waals surface area contributed by atoms with Crippen LogP contribution in [0, 0.1) is 16.0 Å². The lowest BCUT2D eigenvalue weighted by molar-refractivity contribution is -0.385. The summed E-state index contributed by atoms with van der Waals surface area (Å²) < 4.78 is 0. The zero-order chi connectivity index (χ0) is 14.0. The molecule has 1 aliphatic rings. The first-order chi connectivity index (χ1) is 8.99. The molecule has 19 heavy (non-hydrogen) atoms. The summed E-state index contributed by atoms with van der Waals surface area (Å²) in [5.41, 5.74) is 1.08. The highest BCUT2D eigenvalue weighted by atomic mass is 16.6. The number of aliphatic imine (C=N–C) groups is 1. The van der Waals surface area contributed by atoms with Crippen molar-refractivity contribution in [3.05, 3.63) is 27.8 Å². The molecule has 0 spiro atoms. The molecular weight excluding hydrogens is 246 g/mol. The molecule has 0 radical (unpaired) electrons. The third-order valence-corrected chi connectivity index (χ3v) is 2.97. The van der Waals surface area contributed by atoms with Gasteiger partial charge in [-0.2, -0.15) is 0 Å². The number of nitrogens with zero attached hydrogens (tertiary/aromatic N) is 3. The molecule has 1 aliphatic heterocycles. The Balaban J connectivity index is 2.47. The lowest BCUT2D eigenvalue weighted by atomic mass is 10.0. The number of benzene rings is 1. The Morgan fingerprint density at radius 2 is 2.26 bits per heavy atom. The van der Waals surface area contributed by atoms with Gasteiger partial charge >= 0.3 is 5.69 Å². The van der Waals surface area contributed by atoms with E-state index in [1.807, 2.05) is 0 Å². The maximum absolute atomic E-state index is 11.0. The van der Waals surface area contributed by atoms with E-state index in [4.69, 9.17) is 0 Å². The minimum absolute atomic E-state index is 0.242. The van der Waals surface area contributed by atoms with Gasteiger partial charge in [0.1, 0.15) is 0 Å². The predicted octanol–water partition coefficient (Wildman–Crippen LogP) is 2.35. The van der Waals surface area contributed by atoms with Gasteiger partial charge in [-0.25, -0.2) is 0 Å². The topological polar surface area (TPSA) is 79.0 Å². The molecular formula is C13H17N3O3. The molecule has 0 atom stereocenters. The fraction of sp³-hybridized carbons (Fsp3) is 0.462. The highest BCUT2D eigenvalue weighted by Gasteiger charge is 2.23. The zero-order valence-corrected chi connectivity index (χ0v) is 11.0. The molecule has 0 unspecified atom stereocenters. The number of aromatic hydroxyl groups is 1. The lowest BCUT2D eigenvalue weighted by Crippen LogP contribution is -2.19. The van der Waals surface area contributed by atoms with E-state index in [9.17, 15) is 15.2 Å². The van der Waals surface area contributed by atoms with E-state index in [1.165, 1.54) is 6.07 Å². The number of nitro groups is 1. The van der Waals surface area contributed by atoms with Crippen molar-refractivity contribution in [1.29, 1.82) is 0 Å². The Bertz CT molecular complexity index is 526. The molecule has 0 amide bonds. The fourth-order valence-corrected chi connectivity index (χ4v) is 2.17. The van der Waals surface area contributed by atoms with Gasteiger partial charge < -0.3 is 10.0 Å². The van der Waals surface area contributed by atoms with Gasteiger partial charge in [0.25, 0.3) is 0 Å². The number of phenols is 1. The molecule has 6 heteroatoms. The minimum Gasteiger partial charge on any atom is -0.501 e. The Kier molecular flexibility index (Phi) is 3.69. The average Bonchev–Trinajstić information content (AvgIpc) is 2.83. The molecule has 6 nitrogen and oxygen atoms in total.